The maximum Gasteiger partial charge on any atom is 0.341 e. The van der Waals surface area contributed by atoms with E-state index < -0.39 is 21.9 Å². The average Bonchev–Trinajstić information content (AvgIpc) is 3.34. The summed E-state index contributed by atoms with van der Waals surface area (Å²) >= 11 is 7.19. The second-order valence-electron chi connectivity index (χ2n) is 7.15. The van der Waals surface area contributed by atoms with Gasteiger partial charge in [0.2, 0.25) is 0 Å². The van der Waals surface area contributed by atoms with Crippen molar-refractivity contribution in [2.75, 3.05) is 17.1 Å². The first-order chi connectivity index (χ1) is 15.3. The average molecular weight is 491 g/mol. The summed E-state index contributed by atoms with van der Waals surface area (Å²) < 4.78 is 32.6. The lowest BCUT2D eigenvalue weighted by Crippen LogP contribution is -2.16. The molecule has 1 aromatic heterocycles. The van der Waals surface area contributed by atoms with E-state index in [0.717, 1.165) is 29.7 Å². The monoisotopic (exact) mass is 490 g/mol. The summed E-state index contributed by atoms with van der Waals surface area (Å²) in [7, 11) is -2.54. The number of halogens is 1. The Hall–Kier alpha value is -2.88. The van der Waals surface area contributed by atoms with E-state index in [9.17, 15) is 18.0 Å². The molecule has 2 N–H and O–H groups in total. The van der Waals surface area contributed by atoms with Crippen LogP contribution in [0.2, 0.25) is 5.02 Å². The van der Waals surface area contributed by atoms with Gasteiger partial charge in [-0.3, -0.25) is 9.52 Å². The Bertz CT molecular complexity index is 1300. The van der Waals surface area contributed by atoms with Gasteiger partial charge in [-0.15, -0.1) is 11.3 Å². The molecule has 0 unspecified atom stereocenters. The highest BCUT2D eigenvalue weighted by Gasteiger charge is 2.28. The quantitative estimate of drug-likeness (QED) is 0.486. The van der Waals surface area contributed by atoms with Gasteiger partial charge < -0.3 is 10.1 Å². The van der Waals surface area contributed by atoms with Gasteiger partial charge >= 0.3 is 5.97 Å². The van der Waals surface area contributed by atoms with E-state index in [1.165, 1.54) is 48.8 Å². The highest BCUT2D eigenvalue weighted by atomic mass is 35.5. The van der Waals surface area contributed by atoms with Crippen LogP contribution in [-0.4, -0.2) is 27.4 Å². The first-order valence-corrected chi connectivity index (χ1v) is 12.4. The van der Waals surface area contributed by atoms with Gasteiger partial charge in [-0.1, -0.05) is 17.7 Å². The maximum absolute atomic E-state index is 12.9. The summed E-state index contributed by atoms with van der Waals surface area (Å²) in [5, 5.41) is 3.65. The van der Waals surface area contributed by atoms with Crippen molar-refractivity contribution in [3.05, 3.63) is 75.1 Å². The number of esters is 1. The van der Waals surface area contributed by atoms with Crippen molar-refractivity contribution in [2.24, 2.45) is 0 Å². The zero-order chi connectivity index (χ0) is 22.9. The van der Waals surface area contributed by atoms with Crippen molar-refractivity contribution in [3.8, 4) is 0 Å². The third-order valence-electron chi connectivity index (χ3n) is 5.04. The van der Waals surface area contributed by atoms with Crippen LogP contribution in [0.3, 0.4) is 0 Å². The molecule has 0 fully saturated rings. The van der Waals surface area contributed by atoms with Crippen molar-refractivity contribution < 1.29 is 22.7 Å². The number of benzene rings is 2. The molecule has 1 aliphatic carbocycles. The summed E-state index contributed by atoms with van der Waals surface area (Å²) in [5.74, 6) is -0.938. The Morgan fingerprint density at radius 3 is 2.56 bits per heavy atom. The number of thiophene rings is 1. The molecule has 0 spiro atoms. The molecule has 0 atom stereocenters. The van der Waals surface area contributed by atoms with Gasteiger partial charge in [0.1, 0.15) is 5.00 Å². The van der Waals surface area contributed by atoms with E-state index >= 15 is 0 Å². The molecule has 2 aromatic carbocycles. The van der Waals surface area contributed by atoms with Crippen LogP contribution in [0, 0.1) is 0 Å². The maximum atomic E-state index is 12.9. The molecule has 0 saturated carbocycles. The largest absolute Gasteiger partial charge is 0.465 e. The molecular formula is C22H19ClN2O5S2. The normalized spacial score (nSPS) is 12.8. The first kappa shape index (κ1) is 22.3. The van der Waals surface area contributed by atoms with Crippen LogP contribution in [0.15, 0.2) is 53.4 Å². The molecule has 0 saturated heterocycles. The van der Waals surface area contributed by atoms with Crippen LogP contribution < -0.4 is 10.0 Å². The molecule has 166 valence electrons. The van der Waals surface area contributed by atoms with E-state index in [1.54, 1.807) is 18.2 Å². The highest BCUT2D eigenvalue weighted by Crippen LogP contribution is 2.39. The summed E-state index contributed by atoms with van der Waals surface area (Å²) in [6.45, 7) is 0. The fourth-order valence-electron chi connectivity index (χ4n) is 3.54. The van der Waals surface area contributed by atoms with Crippen LogP contribution in [-0.2, 0) is 27.6 Å². The topological polar surface area (TPSA) is 102 Å². The number of rotatable bonds is 6. The number of hydrogen-bond donors (Lipinski definition) is 2. The predicted molar refractivity (Wildman–Crippen MR) is 124 cm³/mol. The van der Waals surface area contributed by atoms with Crippen molar-refractivity contribution in [2.45, 2.75) is 24.2 Å². The Balaban J connectivity index is 1.56. The number of amides is 1. The number of methoxy groups -OCH3 is 1. The molecule has 3 aromatic rings. The second-order valence-corrected chi connectivity index (χ2v) is 10.4. The van der Waals surface area contributed by atoms with Crippen LogP contribution in [0.4, 0.5) is 10.7 Å². The fraction of sp³-hybridized carbons (Fsp3) is 0.182. The molecule has 0 bridgehead atoms. The minimum Gasteiger partial charge on any atom is -0.465 e. The molecule has 1 heterocycles. The SMILES string of the molecule is COC(=O)c1c(NC(=O)c2cccc(NS(=O)(=O)c3ccc(Cl)cc3)c2)sc2c1CCC2. The molecular weight excluding hydrogens is 472 g/mol. The third-order valence-corrected chi connectivity index (χ3v) is 7.90. The van der Waals surface area contributed by atoms with Crippen molar-refractivity contribution >= 4 is 55.5 Å². The number of hydrogen-bond acceptors (Lipinski definition) is 6. The molecule has 7 nitrogen and oxygen atoms in total. The van der Waals surface area contributed by atoms with Crippen molar-refractivity contribution in [1.29, 1.82) is 0 Å². The van der Waals surface area contributed by atoms with Crippen LogP contribution in [0.5, 0.6) is 0 Å². The van der Waals surface area contributed by atoms with Gasteiger partial charge in [0.15, 0.2) is 0 Å². The number of ether oxygens (including phenoxy) is 1. The molecule has 0 aliphatic heterocycles. The number of fused-ring (bicyclic) bond motifs is 1. The third kappa shape index (κ3) is 4.50. The number of sulfonamides is 1. The fourth-order valence-corrected chi connectivity index (χ4v) is 5.99. The number of carbonyl (C=O) groups excluding carboxylic acids is 2. The molecule has 0 radical (unpaired) electrons. The number of carbonyl (C=O) groups is 2. The number of aryl methyl sites for hydroxylation is 1. The zero-order valence-corrected chi connectivity index (χ0v) is 19.4. The summed E-state index contributed by atoms with van der Waals surface area (Å²) in [5.41, 5.74) is 1.81. The number of anilines is 2. The van der Waals surface area contributed by atoms with E-state index in [1.807, 2.05) is 0 Å². The lowest BCUT2D eigenvalue weighted by molar-refractivity contribution is 0.0601. The smallest absolute Gasteiger partial charge is 0.341 e. The lowest BCUT2D eigenvalue weighted by Gasteiger charge is -2.10. The standard InChI is InChI=1S/C22H19ClN2O5S2/c1-30-22(27)19-17-6-3-7-18(17)31-21(19)24-20(26)13-4-2-5-15(12-13)25-32(28,29)16-10-8-14(23)9-11-16/h2,4-5,8-12,25H,3,6-7H2,1H3,(H,24,26). The van der Waals surface area contributed by atoms with E-state index in [2.05, 4.69) is 10.0 Å². The summed E-state index contributed by atoms with van der Waals surface area (Å²) in [6, 6.07) is 11.9. The molecule has 10 heteroatoms. The lowest BCUT2D eigenvalue weighted by atomic mass is 10.1. The minimum absolute atomic E-state index is 0.0487. The van der Waals surface area contributed by atoms with Gasteiger partial charge in [-0.05, 0) is 67.3 Å². The van der Waals surface area contributed by atoms with Crippen molar-refractivity contribution in [1.82, 2.24) is 0 Å². The summed E-state index contributed by atoms with van der Waals surface area (Å²) in [4.78, 5) is 26.3. The van der Waals surface area contributed by atoms with Crippen LogP contribution in [0.1, 0.15) is 37.6 Å². The Labute approximate surface area is 194 Å². The Kier molecular flexibility index (Phi) is 6.23. The van der Waals surface area contributed by atoms with E-state index in [-0.39, 0.29) is 16.1 Å². The van der Waals surface area contributed by atoms with Gasteiger partial charge in [0, 0.05) is 21.2 Å². The Morgan fingerprint density at radius 1 is 1.09 bits per heavy atom. The number of nitrogens with one attached hydrogen (secondary N) is 2. The van der Waals surface area contributed by atoms with E-state index in [4.69, 9.17) is 16.3 Å². The summed E-state index contributed by atoms with van der Waals surface area (Å²) in [6.07, 6.45) is 2.60. The van der Waals surface area contributed by atoms with Gasteiger partial charge in [-0.2, -0.15) is 0 Å². The molecule has 32 heavy (non-hydrogen) atoms. The molecule has 1 amide bonds. The predicted octanol–water partition coefficient (Wildman–Crippen LogP) is 4.73. The van der Waals surface area contributed by atoms with E-state index in [0.29, 0.717) is 15.6 Å². The highest BCUT2D eigenvalue weighted by molar-refractivity contribution is 7.92. The van der Waals surface area contributed by atoms with Crippen LogP contribution in [0.25, 0.3) is 0 Å². The van der Waals surface area contributed by atoms with Crippen LogP contribution >= 0.6 is 22.9 Å². The molecule has 1 aliphatic rings. The zero-order valence-electron chi connectivity index (χ0n) is 17.0. The first-order valence-electron chi connectivity index (χ1n) is 9.71. The second kappa shape index (κ2) is 8.93. The van der Waals surface area contributed by atoms with Gasteiger partial charge in [0.25, 0.3) is 15.9 Å². The minimum atomic E-state index is -3.85. The Morgan fingerprint density at radius 2 is 1.84 bits per heavy atom. The van der Waals surface area contributed by atoms with Gasteiger partial charge in [-0.25, -0.2) is 13.2 Å². The van der Waals surface area contributed by atoms with Crippen molar-refractivity contribution in [3.63, 3.8) is 0 Å². The van der Waals surface area contributed by atoms with Gasteiger partial charge in [0.05, 0.1) is 17.6 Å². The molecule has 4 rings (SSSR count).